The maximum absolute atomic E-state index is 13.0. The molecule has 30 heavy (non-hydrogen) atoms. The molecule has 1 saturated heterocycles. The fourth-order valence-corrected chi connectivity index (χ4v) is 5.90. The first-order chi connectivity index (χ1) is 14.2. The molecule has 4 rings (SSSR count). The Bertz CT molecular complexity index is 1190. The van der Waals surface area contributed by atoms with Gasteiger partial charge in [-0.05, 0) is 37.3 Å². The summed E-state index contributed by atoms with van der Waals surface area (Å²) in [6, 6.07) is 11.4. The van der Waals surface area contributed by atoms with E-state index in [4.69, 9.17) is 5.11 Å². The van der Waals surface area contributed by atoms with Gasteiger partial charge >= 0.3 is 5.97 Å². The van der Waals surface area contributed by atoms with Crippen LogP contribution < -0.4 is 4.90 Å². The van der Waals surface area contributed by atoms with E-state index in [0.717, 1.165) is 10.3 Å². The Balaban J connectivity index is 1.58. The number of aromatic carboxylic acids is 1. The minimum Gasteiger partial charge on any atom is -0.478 e. The molecular weight excluding hydrogens is 426 g/mol. The highest BCUT2D eigenvalue weighted by Gasteiger charge is 2.31. The van der Waals surface area contributed by atoms with Gasteiger partial charge in [-0.3, -0.25) is 0 Å². The Morgan fingerprint density at radius 1 is 1.13 bits per heavy atom. The number of carboxylic acid groups (broad SMARTS) is 1. The molecule has 1 aliphatic rings. The monoisotopic (exact) mass is 447 g/mol. The van der Waals surface area contributed by atoms with Crippen LogP contribution in [0.25, 0.3) is 10.2 Å². The number of thiazole rings is 1. The average Bonchev–Trinajstić information content (AvgIpc) is 3.02. The number of hydrogen-bond donors (Lipinski definition) is 2. The van der Waals surface area contributed by atoms with Gasteiger partial charge in [0.1, 0.15) is 0 Å². The summed E-state index contributed by atoms with van der Waals surface area (Å²) in [6.07, 6.45) is -0.880. The molecule has 0 spiro atoms. The van der Waals surface area contributed by atoms with E-state index in [1.807, 2.05) is 11.8 Å². The first kappa shape index (κ1) is 20.7. The minimum atomic E-state index is -3.72. The van der Waals surface area contributed by atoms with E-state index in [9.17, 15) is 18.3 Å². The number of aliphatic hydroxyl groups excluding tert-OH is 1. The number of anilines is 1. The number of aliphatic hydroxyl groups is 1. The molecule has 1 aromatic heterocycles. The van der Waals surface area contributed by atoms with Crippen molar-refractivity contribution in [2.24, 2.45) is 0 Å². The third-order valence-electron chi connectivity index (χ3n) is 5.02. The fourth-order valence-electron chi connectivity index (χ4n) is 3.39. The van der Waals surface area contributed by atoms with Crippen molar-refractivity contribution in [1.82, 2.24) is 9.29 Å². The Morgan fingerprint density at radius 3 is 2.57 bits per heavy atom. The largest absolute Gasteiger partial charge is 0.478 e. The van der Waals surface area contributed by atoms with Crippen LogP contribution in [-0.2, 0) is 10.0 Å². The van der Waals surface area contributed by atoms with E-state index in [0.29, 0.717) is 17.2 Å². The second-order valence-electron chi connectivity index (χ2n) is 7.26. The van der Waals surface area contributed by atoms with E-state index in [-0.39, 0.29) is 30.1 Å². The molecule has 0 saturated carbocycles. The number of benzene rings is 2. The fraction of sp³-hybridized carbons (Fsp3) is 0.300. The normalized spacial score (nSPS) is 18.5. The molecule has 1 atom stereocenters. The van der Waals surface area contributed by atoms with Crippen molar-refractivity contribution in [2.45, 2.75) is 17.9 Å². The van der Waals surface area contributed by atoms with E-state index >= 15 is 0 Å². The van der Waals surface area contributed by atoms with Crippen LogP contribution in [-0.4, -0.2) is 66.2 Å². The summed E-state index contributed by atoms with van der Waals surface area (Å²) in [7, 11) is -3.72. The lowest BCUT2D eigenvalue weighted by atomic mass is 10.2. The van der Waals surface area contributed by atoms with Gasteiger partial charge in [0.15, 0.2) is 5.13 Å². The van der Waals surface area contributed by atoms with Crippen LogP contribution in [0.15, 0.2) is 47.4 Å². The summed E-state index contributed by atoms with van der Waals surface area (Å²) >= 11 is 1.33. The van der Waals surface area contributed by atoms with Gasteiger partial charge in [-0.25, -0.2) is 18.2 Å². The molecule has 1 fully saturated rings. The second kappa shape index (κ2) is 7.95. The smallest absolute Gasteiger partial charge is 0.335 e. The van der Waals surface area contributed by atoms with E-state index in [2.05, 4.69) is 4.98 Å². The van der Waals surface area contributed by atoms with Gasteiger partial charge in [0.2, 0.25) is 10.0 Å². The van der Waals surface area contributed by atoms with Crippen molar-refractivity contribution in [3.05, 3.63) is 53.6 Å². The minimum absolute atomic E-state index is 0.000761. The van der Waals surface area contributed by atoms with Gasteiger partial charge in [-0.2, -0.15) is 4.31 Å². The first-order valence-corrected chi connectivity index (χ1v) is 11.6. The predicted molar refractivity (Wildman–Crippen MR) is 115 cm³/mol. The van der Waals surface area contributed by atoms with Crippen molar-refractivity contribution in [1.29, 1.82) is 0 Å². The summed E-state index contributed by atoms with van der Waals surface area (Å²) < 4.78 is 28.1. The molecule has 8 nitrogen and oxygen atoms in total. The molecule has 10 heteroatoms. The third kappa shape index (κ3) is 4.04. The first-order valence-electron chi connectivity index (χ1n) is 9.38. The molecule has 2 heterocycles. The molecule has 0 bridgehead atoms. The van der Waals surface area contributed by atoms with Crippen LogP contribution >= 0.6 is 11.3 Å². The molecule has 0 aliphatic carbocycles. The zero-order chi connectivity index (χ0) is 21.5. The van der Waals surface area contributed by atoms with Crippen molar-refractivity contribution < 1.29 is 23.4 Å². The topological polar surface area (TPSA) is 111 Å². The van der Waals surface area contributed by atoms with E-state index in [1.165, 1.54) is 21.7 Å². The number of aromatic nitrogens is 1. The van der Waals surface area contributed by atoms with Gasteiger partial charge < -0.3 is 15.1 Å². The highest BCUT2D eigenvalue weighted by Crippen LogP contribution is 2.31. The van der Waals surface area contributed by atoms with Gasteiger partial charge in [-0.1, -0.05) is 29.0 Å². The lowest BCUT2D eigenvalue weighted by molar-refractivity contribution is 0.0697. The second-order valence-corrected chi connectivity index (χ2v) is 10.2. The van der Waals surface area contributed by atoms with Gasteiger partial charge in [0.25, 0.3) is 0 Å². The van der Waals surface area contributed by atoms with Gasteiger partial charge in [0, 0.05) is 26.2 Å². The average molecular weight is 448 g/mol. The lowest BCUT2D eigenvalue weighted by Crippen LogP contribution is -2.37. The van der Waals surface area contributed by atoms with Crippen LogP contribution in [0.5, 0.6) is 0 Å². The zero-order valence-electron chi connectivity index (χ0n) is 16.2. The number of fused-ring (bicyclic) bond motifs is 1. The molecule has 1 unspecified atom stereocenters. The van der Waals surface area contributed by atoms with Crippen molar-refractivity contribution in [3.63, 3.8) is 0 Å². The van der Waals surface area contributed by atoms with Crippen molar-refractivity contribution in [2.75, 3.05) is 31.1 Å². The molecule has 0 amide bonds. The van der Waals surface area contributed by atoms with Crippen LogP contribution in [0, 0.1) is 6.92 Å². The standard InChI is InChI=1S/C20H21N3O5S2/c1-13-2-5-16(6-3-13)30(27,28)23-9-8-22(11-15(24)12-23)20-21-17-7-4-14(19(25)26)10-18(17)29-20/h2-7,10,15,24H,8-9,11-12H2,1H3,(H,25,26). The maximum Gasteiger partial charge on any atom is 0.335 e. The highest BCUT2D eigenvalue weighted by molar-refractivity contribution is 7.89. The Morgan fingerprint density at radius 2 is 1.87 bits per heavy atom. The summed E-state index contributed by atoms with van der Waals surface area (Å²) in [4.78, 5) is 17.8. The zero-order valence-corrected chi connectivity index (χ0v) is 17.9. The van der Waals surface area contributed by atoms with Crippen molar-refractivity contribution >= 4 is 42.7 Å². The number of carboxylic acids is 1. The van der Waals surface area contributed by atoms with E-state index in [1.54, 1.807) is 36.4 Å². The summed E-state index contributed by atoms with van der Waals surface area (Å²) in [6.45, 7) is 2.71. The highest BCUT2D eigenvalue weighted by atomic mass is 32.2. The Labute approximate surface area is 178 Å². The molecular formula is C20H21N3O5S2. The molecule has 0 radical (unpaired) electrons. The van der Waals surface area contributed by atoms with Crippen LogP contribution in [0.1, 0.15) is 15.9 Å². The molecule has 2 N–H and O–H groups in total. The number of sulfonamides is 1. The Kier molecular flexibility index (Phi) is 5.49. The van der Waals surface area contributed by atoms with Crippen LogP contribution in [0.4, 0.5) is 5.13 Å². The Hall–Kier alpha value is -2.53. The van der Waals surface area contributed by atoms with Gasteiger partial charge in [-0.15, -0.1) is 0 Å². The summed E-state index contributed by atoms with van der Waals surface area (Å²) in [5, 5.41) is 20.3. The molecule has 1 aliphatic heterocycles. The number of nitrogens with zero attached hydrogens (tertiary/aromatic N) is 3. The molecule has 2 aromatic carbocycles. The van der Waals surface area contributed by atoms with E-state index < -0.39 is 22.1 Å². The number of carbonyl (C=O) groups is 1. The van der Waals surface area contributed by atoms with Crippen LogP contribution in [0.3, 0.4) is 0 Å². The quantitative estimate of drug-likeness (QED) is 0.631. The third-order valence-corrected chi connectivity index (χ3v) is 7.98. The molecule has 3 aromatic rings. The van der Waals surface area contributed by atoms with Crippen molar-refractivity contribution in [3.8, 4) is 0 Å². The number of aryl methyl sites for hydroxylation is 1. The summed E-state index contributed by atoms with van der Waals surface area (Å²) in [5.74, 6) is -1.01. The number of β-amino-alcohol motifs (C(OH)–C–C–N with tert-alkyl or cyclic N) is 1. The summed E-state index contributed by atoms with van der Waals surface area (Å²) in [5.41, 5.74) is 1.82. The predicted octanol–water partition coefficient (Wildman–Crippen LogP) is 2.17. The van der Waals surface area contributed by atoms with Crippen LogP contribution in [0.2, 0.25) is 0 Å². The maximum atomic E-state index is 13.0. The molecule has 158 valence electrons. The number of hydrogen-bond acceptors (Lipinski definition) is 7. The SMILES string of the molecule is Cc1ccc(S(=O)(=O)N2CCN(c3nc4ccc(C(=O)O)cc4s3)CC(O)C2)cc1. The lowest BCUT2D eigenvalue weighted by Gasteiger charge is -2.21. The van der Waals surface area contributed by atoms with Gasteiger partial charge in [0.05, 0.1) is 26.8 Å². The number of rotatable bonds is 4.